The predicted octanol–water partition coefficient (Wildman–Crippen LogP) is 4.49. The molecule has 3 aromatic rings. The maximum Gasteiger partial charge on any atom is 0.231 e. The van der Waals surface area contributed by atoms with Crippen molar-refractivity contribution in [2.24, 2.45) is 5.92 Å². The van der Waals surface area contributed by atoms with Gasteiger partial charge in [0, 0.05) is 36.3 Å². The number of halogens is 2. The van der Waals surface area contributed by atoms with E-state index in [2.05, 4.69) is 36.4 Å². The van der Waals surface area contributed by atoms with Crippen molar-refractivity contribution in [1.29, 1.82) is 0 Å². The van der Waals surface area contributed by atoms with Gasteiger partial charge in [-0.3, -0.25) is 19.5 Å². The molecule has 47 heavy (non-hydrogen) atoms. The van der Waals surface area contributed by atoms with E-state index in [9.17, 15) is 19.5 Å². The average molecular weight is 736 g/mol. The standard InChI is InChI=1S/C31H32BrClN4O10/c1-13-7-16(38)23(28(40)31(13)29(41)24-17(42-2)11-18(43-3)25(33)27(24)47-31)15(10-22(39)34-12-21-35-30(32)37-36-21)14-8-19(44-4)26(46-6)20(9-14)45-5/h8-9,11,13,15,40H,7,10,12H2,1-6H3,(H,34,39)(H,35,36,37)/t13-,15?,31+/m1/s1. The normalized spacial score (nSPS) is 19.3. The Hall–Kier alpha value is -4.50. The second-order valence-corrected chi connectivity index (χ2v) is 11.9. The van der Waals surface area contributed by atoms with Gasteiger partial charge in [0.2, 0.25) is 27.8 Å². The van der Waals surface area contributed by atoms with Crippen LogP contribution in [0, 0.1) is 5.92 Å². The molecule has 5 rings (SSSR count). The van der Waals surface area contributed by atoms with Crippen LogP contribution in [0.25, 0.3) is 0 Å². The number of nitrogens with one attached hydrogen (secondary N) is 2. The molecule has 1 aliphatic heterocycles. The summed E-state index contributed by atoms with van der Waals surface area (Å²) in [6.07, 6.45) is -0.548. The van der Waals surface area contributed by atoms with Crippen LogP contribution in [0.4, 0.5) is 0 Å². The summed E-state index contributed by atoms with van der Waals surface area (Å²) in [6.45, 7) is 1.61. The predicted molar refractivity (Wildman–Crippen MR) is 170 cm³/mol. The topological polar surface area (TPSA) is 180 Å². The number of benzene rings is 2. The maximum atomic E-state index is 14.3. The summed E-state index contributed by atoms with van der Waals surface area (Å²) in [4.78, 5) is 45.9. The number of nitrogens with zero attached hydrogens (tertiary/aromatic N) is 2. The Labute approximate surface area is 282 Å². The quantitative estimate of drug-likeness (QED) is 0.252. The van der Waals surface area contributed by atoms with Gasteiger partial charge in [-0.25, -0.2) is 4.98 Å². The first-order valence-corrected chi connectivity index (χ1v) is 15.4. The number of aliphatic hydroxyl groups excluding tert-OH is 1. The molecule has 0 bridgehead atoms. The smallest absolute Gasteiger partial charge is 0.231 e. The number of Topliss-reactive ketones (excluding diaryl/α,β-unsaturated/α-hetero) is 2. The van der Waals surface area contributed by atoms with Crippen LogP contribution in [0.15, 0.2) is 34.3 Å². The number of ketones is 2. The van der Waals surface area contributed by atoms with E-state index in [4.69, 9.17) is 40.0 Å². The van der Waals surface area contributed by atoms with E-state index in [1.807, 2.05) is 0 Å². The van der Waals surface area contributed by atoms with Gasteiger partial charge in [0.25, 0.3) is 0 Å². The van der Waals surface area contributed by atoms with Crippen LogP contribution in [0.5, 0.6) is 34.5 Å². The van der Waals surface area contributed by atoms with Crippen molar-refractivity contribution in [1.82, 2.24) is 20.5 Å². The average Bonchev–Trinajstić information content (AvgIpc) is 3.63. The third-order valence-electron chi connectivity index (χ3n) is 8.30. The number of ether oxygens (including phenoxy) is 6. The highest BCUT2D eigenvalue weighted by Gasteiger charge is 2.61. The van der Waals surface area contributed by atoms with Crippen LogP contribution in [0.3, 0.4) is 0 Å². The molecule has 3 atom stereocenters. The zero-order valence-corrected chi connectivity index (χ0v) is 28.6. The summed E-state index contributed by atoms with van der Waals surface area (Å²) in [6, 6.07) is 4.59. The van der Waals surface area contributed by atoms with E-state index < -0.39 is 40.7 Å². The second-order valence-electron chi connectivity index (χ2n) is 10.8. The number of allylic oxidation sites excluding steroid dienone is 1. The molecule has 250 valence electrons. The van der Waals surface area contributed by atoms with Crippen molar-refractivity contribution < 1.29 is 47.9 Å². The van der Waals surface area contributed by atoms with Crippen molar-refractivity contribution in [3.63, 3.8) is 0 Å². The van der Waals surface area contributed by atoms with Crippen LogP contribution in [0.2, 0.25) is 5.02 Å². The molecule has 3 N–H and O–H groups in total. The molecule has 2 aliphatic rings. The summed E-state index contributed by atoms with van der Waals surface area (Å²) in [7, 11) is 7.04. The Morgan fingerprint density at radius 2 is 1.72 bits per heavy atom. The van der Waals surface area contributed by atoms with Crippen LogP contribution in [-0.4, -0.2) is 78.9 Å². The van der Waals surface area contributed by atoms with Gasteiger partial charge in [-0.05, 0) is 33.6 Å². The molecular formula is C31H32BrClN4O10. The molecule has 2 heterocycles. The number of H-pyrrole nitrogens is 1. The SMILES string of the molecule is COc1cc(OC)c2c(c1Cl)O[C@]1(C2=O)C(O)=C(C(CC(=O)NCc2nc(Br)n[nH]2)c2cc(OC)c(OC)c(OC)c2)C(=O)C[C@H]1C. The summed E-state index contributed by atoms with van der Waals surface area (Å²) in [5.74, 6) is -2.88. The molecule has 0 saturated heterocycles. The summed E-state index contributed by atoms with van der Waals surface area (Å²) in [5.41, 5.74) is -1.91. The van der Waals surface area contributed by atoms with Crippen molar-refractivity contribution in [2.75, 3.05) is 35.5 Å². The lowest BCUT2D eigenvalue weighted by atomic mass is 9.69. The Morgan fingerprint density at radius 1 is 1.09 bits per heavy atom. The van der Waals surface area contributed by atoms with Crippen molar-refractivity contribution in [2.45, 2.75) is 37.8 Å². The number of aromatic nitrogens is 3. The first-order chi connectivity index (χ1) is 22.4. The zero-order valence-electron chi connectivity index (χ0n) is 26.3. The molecule has 2 aromatic carbocycles. The monoisotopic (exact) mass is 734 g/mol. The Bertz CT molecular complexity index is 1770. The molecule has 1 aliphatic carbocycles. The highest BCUT2D eigenvalue weighted by atomic mass is 79.9. The zero-order chi connectivity index (χ0) is 34.2. The minimum atomic E-state index is -2.06. The fourth-order valence-electron chi connectivity index (χ4n) is 6.02. The molecule has 1 amide bonds. The van der Waals surface area contributed by atoms with E-state index >= 15 is 0 Å². The van der Waals surface area contributed by atoms with Crippen molar-refractivity contribution >= 4 is 45.0 Å². The van der Waals surface area contributed by atoms with Crippen LogP contribution in [0.1, 0.15) is 47.4 Å². The maximum absolute atomic E-state index is 14.3. The van der Waals surface area contributed by atoms with E-state index in [1.54, 1.807) is 19.1 Å². The Kier molecular flexibility index (Phi) is 9.59. The molecule has 1 aromatic heterocycles. The summed E-state index contributed by atoms with van der Waals surface area (Å²) in [5, 5.41) is 21.4. The van der Waals surface area contributed by atoms with Crippen LogP contribution >= 0.6 is 27.5 Å². The van der Waals surface area contributed by atoms with Gasteiger partial charge in [-0.15, -0.1) is 5.10 Å². The number of hydrogen-bond donors (Lipinski definition) is 3. The first kappa shape index (κ1) is 33.9. The number of carbonyl (C=O) groups is 3. The molecule has 14 nitrogen and oxygen atoms in total. The van der Waals surface area contributed by atoms with Gasteiger partial charge in [0.1, 0.15) is 27.9 Å². The van der Waals surface area contributed by atoms with E-state index in [1.165, 1.54) is 41.6 Å². The summed E-state index contributed by atoms with van der Waals surface area (Å²) >= 11 is 9.74. The minimum absolute atomic E-state index is 0.00358. The van der Waals surface area contributed by atoms with E-state index in [-0.39, 0.29) is 70.0 Å². The number of methoxy groups -OCH3 is 5. The lowest BCUT2D eigenvalue weighted by Gasteiger charge is -2.38. The molecule has 0 fully saturated rings. The number of hydrogen-bond acceptors (Lipinski definition) is 12. The van der Waals surface area contributed by atoms with Gasteiger partial charge in [-0.2, -0.15) is 0 Å². The first-order valence-electron chi connectivity index (χ1n) is 14.2. The third kappa shape index (κ3) is 5.71. The number of fused-ring (bicyclic) bond motifs is 1. The Balaban J connectivity index is 1.68. The fourth-order valence-corrected chi connectivity index (χ4v) is 6.59. The molecular weight excluding hydrogens is 704 g/mol. The molecule has 0 saturated carbocycles. The molecule has 1 spiro atoms. The highest BCUT2D eigenvalue weighted by molar-refractivity contribution is 9.10. The summed E-state index contributed by atoms with van der Waals surface area (Å²) < 4.78 is 34.0. The third-order valence-corrected chi connectivity index (χ3v) is 9.01. The van der Waals surface area contributed by atoms with Gasteiger partial charge in [0.05, 0.1) is 42.1 Å². The van der Waals surface area contributed by atoms with Crippen molar-refractivity contribution in [3.05, 3.63) is 56.2 Å². The number of aromatic amines is 1. The number of rotatable bonds is 11. The molecule has 16 heteroatoms. The van der Waals surface area contributed by atoms with Gasteiger partial charge < -0.3 is 38.8 Å². The van der Waals surface area contributed by atoms with E-state index in [0.29, 0.717) is 16.1 Å². The number of carbonyl (C=O) groups excluding carboxylic acids is 3. The lowest BCUT2D eigenvalue weighted by molar-refractivity contribution is -0.122. The van der Waals surface area contributed by atoms with Gasteiger partial charge in [-0.1, -0.05) is 18.5 Å². The van der Waals surface area contributed by atoms with Gasteiger partial charge in [0.15, 0.2) is 28.8 Å². The molecule has 1 unspecified atom stereocenters. The van der Waals surface area contributed by atoms with Crippen molar-refractivity contribution in [3.8, 4) is 34.5 Å². The fraction of sp³-hybridized carbons (Fsp3) is 0.387. The van der Waals surface area contributed by atoms with Crippen LogP contribution < -0.4 is 33.7 Å². The lowest BCUT2D eigenvalue weighted by Crippen LogP contribution is -2.53. The van der Waals surface area contributed by atoms with Crippen LogP contribution in [-0.2, 0) is 16.1 Å². The number of aliphatic hydroxyl groups is 1. The van der Waals surface area contributed by atoms with E-state index in [0.717, 1.165) is 0 Å². The minimum Gasteiger partial charge on any atom is -0.507 e. The second kappa shape index (κ2) is 13.3. The largest absolute Gasteiger partial charge is 0.507 e. The Morgan fingerprint density at radius 3 is 2.28 bits per heavy atom. The highest BCUT2D eigenvalue weighted by Crippen LogP contribution is 2.56. The molecule has 0 radical (unpaired) electrons. The van der Waals surface area contributed by atoms with Gasteiger partial charge >= 0.3 is 0 Å². The number of amides is 1.